The Labute approximate surface area is 105 Å². The molecule has 0 radical (unpaired) electrons. The molecule has 0 aliphatic carbocycles. The molecule has 1 atom stereocenters. The zero-order valence-electron chi connectivity index (χ0n) is 9.81. The van der Waals surface area contributed by atoms with Crippen molar-refractivity contribution in [3.05, 3.63) is 59.7 Å². The summed E-state index contributed by atoms with van der Waals surface area (Å²) in [5, 5.41) is 0. The second kappa shape index (κ2) is 5.57. The largest absolute Gasteiger partial charge is 0.398 e. The molecule has 5 N–H and O–H groups in total. The first-order valence-corrected chi connectivity index (χ1v) is 5.60. The predicted molar refractivity (Wildman–Crippen MR) is 68.8 cm³/mol. The van der Waals surface area contributed by atoms with E-state index >= 15 is 0 Å². The minimum Gasteiger partial charge on any atom is -0.398 e. The average Bonchev–Trinajstić information content (AvgIpc) is 2.40. The fourth-order valence-electron chi connectivity index (χ4n) is 1.86. The van der Waals surface area contributed by atoms with Crippen LogP contribution in [-0.2, 0) is 6.42 Å². The monoisotopic (exact) mass is 246 g/mol. The Balaban J connectivity index is 2.26. The third kappa shape index (κ3) is 2.82. The van der Waals surface area contributed by atoms with E-state index in [0.29, 0.717) is 17.7 Å². The van der Waals surface area contributed by atoms with Gasteiger partial charge in [0.25, 0.3) is 0 Å². The summed E-state index contributed by atoms with van der Waals surface area (Å²) in [6.07, 6.45) is 4.03. The Bertz CT molecular complexity index is 516. The summed E-state index contributed by atoms with van der Waals surface area (Å²) >= 11 is 0. The number of aromatic nitrogens is 1. The molecule has 0 aliphatic heterocycles. The number of rotatable bonds is 4. The number of halogens is 1. The van der Waals surface area contributed by atoms with Gasteiger partial charge in [0.05, 0.1) is 6.04 Å². The molecule has 2 rings (SSSR count). The van der Waals surface area contributed by atoms with Crippen molar-refractivity contribution >= 4 is 5.69 Å². The number of nitrogens with zero attached hydrogens (tertiary/aromatic N) is 1. The molecule has 0 saturated carbocycles. The van der Waals surface area contributed by atoms with Crippen LogP contribution in [0.4, 0.5) is 10.1 Å². The average molecular weight is 246 g/mol. The van der Waals surface area contributed by atoms with Gasteiger partial charge in [-0.15, -0.1) is 0 Å². The van der Waals surface area contributed by atoms with Crippen molar-refractivity contribution in [3.8, 4) is 0 Å². The molecule has 2 aromatic rings. The van der Waals surface area contributed by atoms with Gasteiger partial charge in [-0.25, -0.2) is 4.39 Å². The van der Waals surface area contributed by atoms with Gasteiger partial charge in [0, 0.05) is 18.1 Å². The van der Waals surface area contributed by atoms with E-state index in [4.69, 9.17) is 11.6 Å². The number of hydrogen-bond donors (Lipinski definition) is 3. The van der Waals surface area contributed by atoms with E-state index < -0.39 is 0 Å². The number of benzene rings is 1. The molecule has 4 nitrogen and oxygen atoms in total. The van der Waals surface area contributed by atoms with Crippen LogP contribution in [0, 0.1) is 5.82 Å². The lowest BCUT2D eigenvalue weighted by atomic mass is 9.98. The summed E-state index contributed by atoms with van der Waals surface area (Å²) < 4.78 is 13.2. The fourth-order valence-corrected chi connectivity index (χ4v) is 1.86. The molecule has 0 saturated heterocycles. The Morgan fingerprint density at radius 3 is 2.61 bits per heavy atom. The van der Waals surface area contributed by atoms with Crippen molar-refractivity contribution in [1.29, 1.82) is 0 Å². The van der Waals surface area contributed by atoms with Crippen LogP contribution >= 0.6 is 0 Å². The third-order valence-corrected chi connectivity index (χ3v) is 2.81. The number of nitrogens with two attached hydrogens (primary N) is 2. The lowest BCUT2D eigenvalue weighted by molar-refractivity contribution is 0.546. The van der Waals surface area contributed by atoms with E-state index in [2.05, 4.69) is 10.4 Å². The van der Waals surface area contributed by atoms with Crippen molar-refractivity contribution in [1.82, 2.24) is 10.4 Å². The van der Waals surface area contributed by atoms with Gasteiger partial charge in [-0.2, -0.15) is 0 Å². The summed E-state index contributed by atoms with van der Waals surface area (Å²) in [7, 11) is 0. The van der Waals surface area contributed by atoms with Gasteiger partial charge in [-0.05, 0) is 47.9 Å². The highest BCUT2D eigenvalue weighted by atomic mass is 19.1. The van der Waals surface area contributed by atoms with Crippen LogP contribution in [0.5, 0.6) is 0 Å². The van der Waals surface area contributed by atoms with Gasteiger partial charge in [-0.3, -0.25) is 16.3 Å². The number of pyridine rings is 1. The standard InChI is InChI=1S/C13H15FN4/c14-10-1-2-12(15)11(8-10)13(18-16)7-9-3-5-17-6-4-9/h1-6,8,13,18H,7,15-16H2. The lowest BCUT2D eigenvalue weighted by Gasteiger charge is -2.18. The first kappa shape index (κ1) is 12.5. The van der Waals surface area contributed by atoms with E-state index in [1.165, 1.54) is 12.1 Å². The molecule has 18 heavy (non-hydrogen) atoms. The van der Waals surface area contributed by atoms with Crippen LogP contribution in [0.2, 0.25) is 0 Å². The second-order valence-electron chi connectivity index (χ2n) is 4.05. The zero-order chi connectivity index (χ0) is 13.0. The molecule has 94 valence electrons. The van der Waals surface area contributed by atoms with Gasteiger partial charge in [-0.1, -0.05) is 0 Å². The maximum atomic E-state index is 13.2. The lowest BCUT2D eigenvalue weighted by Crippen LogP contribution is -2.30. The second-order valence-corrected chi connectivity index (χ2v) is 4.05. The quantitative estimate of drug-likeness (QED) is 0.434. The SMILES string of the molecule is NNC(Cc1ccncc1)c1cc(F)ccc1N. The summed E-state index contributed by atoms with van der Waals surface area (Å²) in [5.41, 5.74) is 10.7. The summed E-state index contributed by atoms with van der Waals surface area (Å²) in [6.45, 7) is 0. The zero-order valence-corrected chi connectivity index (χ0v) is 9.81. The first-order chi connectivity index (χ1) is 8.70. The first-order valence-electron chi connectivity index (χ1n) is 5.60. The summed E-state index contributed by atoms with van der Waals surface area (Å²) in [6, 6.07) is 7.82. The van der Waals surface area contributed by atoms with Crippen LogP contribution < -0.4 is 17.0 Å². The number of hydrogen-bond acceptors (Lipinski definition) is 4. The Morgan fingerprint density at radius 2 is 1.94 bits per heavy atom. The van der Waals surface area contributed by atoms with Gasteiger partial charge >= 0.3 is 0 Å². The highest BCUT2D eigenvalue weighted by Crippen LogP contribution is 2.24. The Hall–Kier alpha value is -1.98. The van der Waals surface area contributed by atoms with E-state index in [9.17, 15) is 4.39 Å². The maximum Gasteiger partial charge on any atom is 0.123 e. The smallest absolute Gasteiger partial charge is 0.123 e. The van der Waals surface area contributed by atoms with Crippen LogP contribution in [0.25, 0.3) is 0 Å². The van der Waals surface area contributed by atoms with Crippen LogP contribution in [0.1, 0.15) is 17.2 Å². The van der Waals surface area contributed by atoms with Crippen molar-refractivity contribution in [2.24, 2.45) is 5.84 Å². The van der Waals surface area contributed by atoms with Gasteiger partial charge in [0.1, 0.15) is 5.82 Å². The van der Waals surface area contributed by atoms with E-state index in [0.717, 1.165) is 5.56 Å². The molecule has 0 amide bonds. The van der Waals surface area contributed by atoms with Crippen molar-refractivity contribution in [3.63, 3.8) is 0 Å². The van der Waals surface area contributed by atoms with E-state index in [1.807, 2.05) is 12.1 Å². The van der Waals surface area contributed by atoms with E-state index in [-0.39, 0.29) is 11.9 Å². The van der Waals surface area contributed by atoms with Crippen LogP contribution in [0.15, 0.2) is 42.7 Å². The molecule has 0 bridgehead atoms. The topological polar surface area (TPSA) is 77.0 Å². The number of nitrogens with one attached hydrogen (secondary N) is 1. The Morgan fingerprint density at radius 1 is 1.22 bits per heavy atom. The minimum atomic E-state index is -0.325. The molecular weight excluding hydrogens is 231 g/mol. The molecule has 0 fully saturated rings. The minimum absolute atomic E-state index is 0.233. The van der Waals surface area contributed by atoms with Crippen molar-refractivity contribution in [2.45, 2.75) is 12.5 Å². The fraction of sp³-hybridized carbons (Fsp3) is 0.154. The molecule has 1 heterocycles. The van der Waals surface area contributed by atoms with Crippen molar-refractivity contribution < 1.29 is 4.39 Å². The number of nitrogen functional groups attached to an aromatic ring is 1. The highest BCUT2D eigenvalue weighted by Gasteiger charge is 2.14. The van der Waals surface area contributed by atoms with Gasteiger partial charge < -0.3 is 5.73 Å². The summed E-state index contributed by atoms with van der Waals surface area (Å²) in [5.74, 6) is 5.20. The Kier molecular flexibility index (Phi) is 3.86. The number of hydrazine groups is 1. The van der Waals surface area contributed by atoms with Crippen LogP contribution in [0.3, 0.4) is 0 Å². The molecular formula is C13H15FN4. The summed E-state index contributed by atoms with van der Waals surface area (Å²) in [4.78, 5) is 3.95. The van der Waals surface area contributed by atoms with Gasteiger partial charge in [0.2, 0.25) is 0 Å². The van der Waals surface area contributed by atoms with Crippen molar-refractivity contribution in [2.75, 3.05) is 5.73 Å². The molecule has 5 heteroatoms. The molecule has 0 aliphatic rings. The predicted octanol–water partition coefficient (Wildman–Crippen LogP) is 1.55. The van der Waals surface area contributed by atoms with Gasteiger partial charge in [0.15, 0.2) is 0 Å². The number of anilines is 1. The van der Waals surface area contributed by atoms with E-state index in [1.54, 1.807) is 18.5 Å². The molecule has 1 unspecified atom stereocenters. The highest BCUT2D eigenvalue weighted by molar-refractivity contribution is 5.49. The molecule has 1 aromatic carbocycles. The maximum absolute atomic E-state index is 13.2. The molecule has 1 aromatic heterocycles. The van der Waals surface area contributed by atoms with Crippen LogP contribution in [-0.4, -0.2) is 4.98 Å². The normalized spacial score (nSPS) is 12.3. The molecule has 0 spiro atoms. The third-order valence-electron chi connectivity index (χ3n) is 2.81.